The molecule has 0 radical (unpaired) electrons. The van der Waals surface area contributed by atoms with Crippen LogP contribution < -0.4 is 4.74 Å². The van der Waals surface area contributed by atoms with Gasteiger partial charge in [-0.05, 0) is 37.3 Å². The molecule has 0 heterocycles. The monoisotopic (exact) mass is 278 g/mol. The molecule has 19 heavy (non-hydrogen) atoms. The summed E-state index contributed by atoms with van der Waals surface area (Å²) in [7, 11) is 0. The third-order valence-electron chi connectivity index (χ3n) is 2.66. The molecular weight excluding hydrogens is 267 g/mol. The van der Waals surface area contributed by atoms with Gasteiger partial charge in [-0.15, -0.1) is 0 Å². The molecule has 0 N–H and O–H groups in total. The van der Waals surface area contributed by atoms with E-state index >= 15 is 0 Å². The second-order valence-corrected chi connectivity index (χ2v) is 4.51. The summed E-state index contributed by atoms with van der Waals surface area (Å²) < 4.78 is 19.0. The van der Waals surface area contributed by atoms with Crippen LogP contribution in [0, 0.1) is 5.82 Å². The fraction of sp³-hybridized carbons (Fsp3) is 0.133. The molecule has 0 saturated heterocycles. The molecule has 0 aromatic heterocycles. The van der Waals surface area contributed by atoms with E-state index in [9.17, 15) is 9.18 Å². The van der Waals surface area contributed by atoms with Crippen LogP contribution in [0.3, 0.4) is 0 Å². The van der Waals surface area contributed by atoms with E-state index in [4.69, 9.17) is 16.3 Å². The van der Waals surface area contributed by atoms with Crippen molar-refractivity contribution < 1.29 is 13.9 Å². The van der Waals surface area contributed by atoms with Gasteiger partial charge >= 0.3 is 0 Å². The van der Waals surface area contributed by atoms with E-state index in [1.807, 2.05) is 0 Å². The number of halogens is 2. The lowest BCUT2D eigenvalue weighted by Crippen LogP contribution is -2.03. The highest BCUT2D eigenvalue weighted by molar-refractivity contribution is 6.30. The summed E-state index contributed by atoms with van der Waals surface area (Å²) in [5.41, 5.74) is 0.829. The Hall–Kier alpha value is -1.87. The number of ketones is 1. The molecule has 4 heteroatoms. The fourth-order valence-electron chi connectivity index (χ4n) is 1.69. The van der Waals surface area contributed by atoms with E-state index in [0.717, 1.165) is 0 Å². The van der Waals surface area contributed by atoms with Crippen molar-refractivity contribution in [2.45, 2.75) is 13.5 Å². The lowest BCUT2D eigenvalue weighted by molar-refractivity contribution is 0.101. The molecule has 0 spiro atoms. The van der Waals surface area contributed by atoms with Crippen molar-refractivity contribution in [3.8, 4) is 5.75 Å². The van der Waals surface area contributed by atoms with Gasteiger partial charge in [-0.1, -0.05) is 23.7 Å². The summed E-state index contributed by atoms with van der Waals surface area (Å²) in [6.45, 7) is 1.48. The van der Waals surface area contributed by atoms with Gasteiger partial charge in [-0.25, -0.2) is 4.39 Å². The van der Waals surface area contributed by atoms with Gasteiger partial charge in [-0.3, -0.25) is 4.79 Å². The second-order valence-electron chi connectivity index (χ2n) is 4.08. The molecule has 0 fully saturated rings. The van der Waals surface area contributed by atoms with Gasteiger partial charge in [0.1, 0.15) is 18.2 Å². The maximum absolute atomic E-state index is 13.5. The third kappa shape index (κ3) is 3.32. The number of benzene rings is 2. The van der Waals surface area contributed by atoms with E-state index in [-0.39, 0.29) is 18.2 Å². The Morgan fingerprint density at radius 1 is 1.26 bits per heavy atom. The minimum Gasteiger partial charge on any atom is -0.488 e. The number of ether oxygens (including phenoxy) is 1. The van der Waals surface area contributed by atoms with Gasteiger partial charge in [-0.2, -0.15) is 0 Å². The number of carbonyl (C=O) groups is 1. The van der Waals surface area contributed by atoms with Crippen LogP contribution in [0.15, 0.2) is 42.5 Å². The van der Waals surface area contributed by atoms with E-state index in [1.54, 1.807) is 24.3 Å². The van der Waals surface area contributed by atoms with Crippen LogP contribution >= 0.6 is 11.6 Å². The summed E-state index contributed by atoms with van der Waals surface area (Å²) in [4.78, 5) is 11.4. The molecule has 2 nitrogen and oxygen atoms in total. The Kier molecular flexibility index (Phi) is 4.17. The molecule has 2 rings (SSSR count). The second kappa shape index (κ2) is 5.85. The summed E-state index contributed by atoms with van der Waals surface area (Å²) in [6, 6.07) is 11.1. The van der Waals surface area contributed by atoms with Crippen molar-refractivity contribution in [3.63, 3.8) is 0 Å². The molecular formula is C15H12ClFO2. The Labute approximate surface area is 115 Å². The normalized spacial score (nSPS) is 10.3. The Morgan fingerprint density at radius 3 is 2.74 bits per heavy atom. The number of hydrogen-bond acceptors (Lipinski definition) is 2. The SMILES string of the molecule is CC(=O)c1ccccc1OCc1cc(Cl)ccc1F. The zero-order valence-electron chi connectivity index (χ0n) is 10.3. The molecule has 0 bridgehead atoms. The zero-order valence-corrected chi connectivity index (χ0v) is 11.1. The summed E-state index contributed by atoms with van der Waals surface area (Å²) in [5, 5.41) is 0.444. The standard InChI is InChI=1S/C15H12ClFO2/c1-10(18)13-4-2-3-5-15(13)19-9-11-8-12(16)6-7-14(11)17/h2-8H,9H2,1H3. The van der Waals surface area contributed by atoms with Crippen LogP contribution in [0.2, 0.25) is 5.02 Å². The van der Waals surface area contributed by atoms with Gasteiger partial charge in [0.15, 0.2) is 5.78 Å². The predicted molar refractivity (Wildman–Crippen MR) is 72.2 cm³/mol. The molecule has 0 atom stereocenters. The Balaban J connectivity index is 2.19. The van der Waals surface area contributed by atoms with Crippen molar-refractivity contribution in [3.05, 3.63) is 64.4 Å². The van der Waals surface area contributed by atoms with Gasteiger partial charge in [0.2, 0.25) is 0 Å². The van der Waals surface area contributed by atoms with Gasteiger partial charge in [0.25, 0.3) is 0 Å². The average molecular weight is 279 g/mol. The molecule has 0 aliphatic rings. The minimum atomic E-state index is -0.385. The van der Waals surface area contributed by atoms with Crippen LogP contribution in [0.5, 0.6) is 5.75 Å². The van der Waals surface area contributed by atoms with E-state index in [2.05, 4.69) is 0 Å². The number of Topliss-reactive ketones (excluding diaryl/α,β-unsaturated/α-hetero) is 1. The number of para-hydroxylation sites is 1. The van der Waals surface area contributed by atoms with Crippen molar-refractivity contribution in [2.24, 2.45) is 0 Å². The van der Waals surface area contributed by atoms with Crippen LogP contribution in [0.1, 0.15) is 22.8 Å². The van der Waals surface area contributed by atoms with E-state index in [0.29, 0.717) is 21.9 Å². The quantitative estimate of drug-likeness (QED) is 0.781. The highest BCUT2D eigenvalue weighted by atomic mass is 35.5. The van der Waals surface area contributed by atoms with Gasteiger partial charge in [0.05, 0.1) is 5.56 Å². The lowest BCUT2D eigenvalue weighted by atomic mass is 10.1. The van der Waals surface area contributed by atoms with Crippen molar-refractivity contribution in [1.82, 2.24) is 0 Å². The van der Waals surface area contributed by atoms with Crippen LogP contribution in [-0.4, -0.2) is 5.78 Å². The van der Waals surface area contributed by atoms with E-state index < -0.39 is 0 Å². The first kappa shape index (κ1) is 13.6. The first-order chi connectivity index (χ1) is 9.08. The minimum absolute atomic E-state index is 0.0245. The van der Waals surface area contributed by atoms with Crippen LogP contribution in [-0.2, 0) is 6.61 Å². The highest BCUT2D eigenvalue weighted by Gasteiger charge is 2.09. The molecule has 0 amide bonds. The summed E-state index contributed by atoms with van der Waals surface area (Å²) >= 11 is 5.80. The molecule has 2 aromatic carbocycles. The fourth-order valence-corrected chi connectivity index (χ4v) is 1.89. The third-order valence-corrected chi connectivity index (χ3v) is 2.89. The van der Waals surface area contributed by atoms with E-state index in [1.165, 1.54) is 25.1 Å². The largest absolute Gasteiger partial charge is 0.488 e. The first-order valence-electron chi connectivity index (χ1n) is 5.74. The molecule has 2 aromatic rings. The molecule has 98 valence electrons. The van der Waals surface area contributed by atoms with Gasteiger partial charge in [0, 0.05) is 10.6 Å². The zero-order chi connectivity index (χ0) is 13.8. The summed E-state index contributed by atoms with van der Waals surface area (Å²) in [6.07, 6.45) is 0. The molecule has 0 aliphatic carbocycles. The van der Waals surface area contributed by atoms with Gasteiger partial charge < -0.3 is 4.74 Å². The maximum Gasteiger partial charge on any atom is 0.163 e. The van der Waals surface area contributed by atoms with Crippen molar-refractivity contribution in [1.29, 1.82) is 0 Å². The molecule has 0 saturated carbocycles. The van der Waals surface area contributed by atoms with Crippen molar-refractivity contribution >= 4 is 17.4 Å². The predicted octanol–water partition coefficient (Wildman–Crippen LogP) is 4.26. The lowest BCUT2D eigenvalue weighted by Gasteiger charge is -2.10. The molecule has 0 aliphatic heterocycles. The average Bonchev–Trinajstić information content (AvgIpc) is 2.40. The van der Waals surface area contributed by atoms with Crippen LogP contribution in [0.25, 0.3) is 0 Å². The number of hydrogen-bond donors (Lipinski definition) is 0. The number of carbonyl (C=O) groups excluding carboxylic acids is 1. The topological polar surface area (TPSA) is 26.3 Å². The van der Waals surface area contributed by atoms with Crippen molar-refractivity contribution in [2.75, 3.05) is 0 Å². The molecule has 0 unspecified atom stereocenters. The van der Waals surface area contributed by atoms with Crippen LogP contribution in [0.4, 0.5) is 4.39 Å². The first-order valence-corrected chi connectivity index (χ1v) is 6.12. The maximum atomic E-state index is 13.5. The Morgan fingerprint density at radius 2 is 2.00 bits per heavy atom. The summed E-state index contributed by atoms with van der Waals surface area (Å²) in [5.74, 6) is -0.0405. The Bertz CT molecular complexity index is 611. The number of rotatable bonds is 4. The highest BCUT2D eigenvalue weighted by Crippen LogP contribution is 2.21. The smallest absolute Gasteiger partial charge is 0.163 e.